The SMILES string of the molecule is CC(=O)N1CCC(S(=O)(=O)c2ccccc2)C1. The molecule has 0 bridgehead atoms. The highest BCUT2D eigenvalue weighted by Gasteiger charge is 2.34. The van der Waals surface area contributed by atoms with E-state index in [4.69, 9.17) is 0 Å². The minimum absolute atomic E-state index is 0.0595. The van der Waals surface area contributed by atoms with Crippen LogP contribution in [0.4, 0.5) is 0 Å². The van der Waals surface area contributed by atoms with Gasteiger partial charge in [0.05, 0.1) is 10.1 Å². The number of hydrogen-bond donors (Lipinski definition) is 0. The molecule has 4 nitrogen and oxygen atoms in total. The third-order valence-electron chi connectivity index (χ3n) is 3.10. The molecule has 1 aromatic carbocycles. The summed E-state index contributed by atoms with van der Waals surface area (Å²) in [5.74, 6) is -0.0595. The summed E-state index contributed by atoms with van der Waals surface area (Å²) >= 11 is 0. The van der Waals surface area contributed by atoms with E-state index in [1.165, 1.54) is 6.92 Å². The number of benzene rings is 1. The van der Waals surface area contributed by atoms with Gasteiger partial charge in [-0.25, -0.2) is 8.42 Å². The molecule has 17 heavy (non-hydrogen) atoms. The van der Waals surface area contributed by atoms with Gasteiger partial charge in [0, 0.05) is 20.0 Å². The highest BCUT2D eigenvalue weighted by atomic mass is 32.2. The van der Waals surface area contributed by atoms with Crippen LogP contribution in [-0.2, 0) is 14.6 Å². The molecule has 1 atom stereocenters. The Hall–Kier alpha value is -1.36. The Morgan fingerprint density at radius 3 is 2.47 bits per heavy atom. The topological polar surface area (TPSA) is 54.5 Å². The molecule has 1 saturated heterocycles. The van der Waals surface area contributed by atoms with E-state index in [1.54, 1.807) is 35.2 Å². The van der Waals surface area contributed by atoms with Gasteiger partial charge >= 0.3 is 0 Å². The van der Waals surface area contributed by atoms with Gasteiger partial charge in [0.25, 0.3) is 0 Å². The van der Waals surface area contributed by atoms with Gasteiger partial charge in [-0.15, -0.1) is 0 Å². The van der Waals surface area contributed by atoms with Gasteiger partial charge in [-0.3, -0.25) is 4.79 Å². The summed E-state index contributed by atoms with van der Waals surface area (Å²) in [4.78, 5) is 13.1. The van der Waals surface area contributed by atoms with Crippen LogP contribution in [0.3, 0.4) is 0 Å². The second-order valence-electron chi connectivity index (χ2n) is 4.23. The Bertz CT molecular complexity index is 510. The van der Waals surface area contributed by atoms with Crippen LogP contribution in [0.25, 0.3) is 0 Å². The van der Waals surface area contributed by atoms with Crippen molar-refractivity contribution in [1.82, 2.24) is 4.90 Å². The van der Waals surface area contributed by atoms with Gasteiger partial charge in [0.1, 0.15) is 0 Å². The molecule has 1 fully saturated rings. The summed E-state index contributed by atoms with van der Waals surface area (Å²) in [6.07, 6.45) is 0.525. The monoisotopic (exact) mass is 253 g/mol. The molecule has 0 spiro atoms. The van der Waals surface area contributed by atoms with E-state index >= 15 is 0 Å². The van der Waals surface area contributed by atoms with E-state index in [-0.39, 0.29) is 5.91 Å². The number of likely N-dealkylation sites (tertiary alicyclic amines) is 1. The fourth-order valence-electron chi connectivity index (χ4n) is 2.07. The van der Waals surface area contributed by atoms with Crippen molar-refractivity contribution in [3.63, 3.8) is 0 Å². The highest BCUT2D eigenvalue weighted by Crippen LogP contribution is 2.23. The largest absolute Gasteiger partial charge is 0.342 e. The summed E-state index contributed by atoms with van der Waals surface area (Å²) in [5.41, 5.74) is 0. The van der Waals surface area contributed by atoms with E-state index in [2.05, 4.69) is 0 Å². The van der Waals surface area contributed by atoms with Gasteiger partial charge in [0.2, 0.25) is 5.91 Å². The summed E-state index contributed by atoms with van der Waals surface area (Å²) in [6, 6.07) is 8.42. The van der Waals surface area contributed by atoms with Crippen molar-refractivity contribution in [2.45, 2.75) is 23.5 Å². The second kappa shape index (κ2) is 4.49. The lowest BCUT2D eigenvalue weighted by atomic mass is 10.4. The minimum atomic E-state index is -3.30. The molecule has 1 aliphatic rings. The van der Waals surface area contributed by atoms with Crippen molar-refractivity contribution in [1.29, 1.82) is 0 Å². The average molecular weight is 253 g/mol. The van der Waals surface area contributed by atoms with Crippen molar-refractivity contribution in [3.05, 3.63) is 30.3 Å². The van der Waals surface area contributed by atoms with E-state index < -0.39 is 15.1 Å². The van der Waals surface area contributed by atoms with E-state index in [1.807, 2.05) is 0 Å². The molecule has 1 amide bonds. The number of sulfone groups is 1. The van der Waals surface area contributed by atoms with Crippen LogP contribution in [0.5, 0.6) is 0 Å². The molecule has 1 heterocycles. The zero-order valence-electron chi connectivity index (χ0n) is 9.67. The van der Waals surface area contributed by atoms with Crippen LogP contribution in [-0.4, -0.2) is 37.6 Å². The first-order valence-corrected chi connectivity index (χ1v) is 7.11. The molecule has 2 rings (SSSR count). The van der Waals surface area contributed by atoms with Crippen molar-refractivity contribution in [3.8, 4) is 0 Å². The van der Waals surface area contributed by atoms with Gasteiger partial charge < -0.3 is 4.90 Å². The smallest absolute Gasteiger partial charge is 0.219 e. The van der Waals surface area contributed by atoms with Crippen LogP contribution >= 0.6 is 0 Å². The fraction of sp³-hybridized carbons (Fsp3) is 0.417. The third kappa shape index (κ3) is 2.34. The molecule has 0 aromatic heterocycles. The Kier molecular flexibility index (Phi) is 3.19. The number of carbonyl (C=O) groups is 1. The molecule has 0 saturated carbocycles. The molecule has 0 radical (unpaired) electrons. The maximum atomic E-state index is 12.3. The lowest BCUT2D eigenvalue weighted by Crippen LogP contribution is -2.30. The molecule has 1 aliphatic heterocycles. The van der Waals surface area contributed by atoms with Crippen molar-refractivity contribution in [2.24, 2.45) is 0 Å². The number of amides is 1. The fourth-order valence-corrected chi connectivity index (χ4v) is 3.78. The lowest BCUT2D eigenvalue weighted by Gasteiger charge is -2.14. The van der Waals surface area contributed by atoms with Crippen molar-refractivity contribution >= 4 is 15.7 Å². The van der Waals surface area contributed by atoms with Crippen LogP contribution in [0.1, 0.15) is 13.3 Å². The van der Waals surface area contributed by atoms with Crippen LogP contribution in [0, 0.1) is 0 Å². The Morgan fingerprint density at radius 1 is 1.29 bits per heavy atom. The number of hydrogen-bond acceptors (Lipinski definition) is 3. The van der Waals surface area contributed by atoms with Gasteiger partial charge in [-0.1, -0.05) is 18.2 Å². The quantitative estimate of drug-likeness (QED) is 0.792. The predicted molar refractivity (Wildman–Crippen MR) is 64.3 cm³/mol. The van der Waals surface area contributed by atoms with Gasteiger partial charge in [0.15, 0.2) is 9.84 Å². The van der Waals surface area contributed by atoms with Crippen molar-refractivity contribution in [2.75, 3.05) is 13.1 Å². The molecule has 1 unspecified atom stereocenters. The highest BCUT2D eigenvalue weighted by molar-refractivity contribution is 7.92. The Balaban J connectivity index is 2.22. The maximum Gasteiger partial charge on any atom is 0.219 e. The zero-order valence-corrected chi connectivity index (χ0v) is 10.5. The van der Waals surface area contributed by atoms with Gasteiger partial charge in [-0.2, -0.15) is 0 Å². The Morgan fingerprint density at radius 2 is 1.94 bits per heavy atom. The summed E-state index contributed by atoms with van der Waals surface area (Å²) in [6.45, 7) is 2.32. The molecule has 5 heteroatoms. The Labute approximate surface area is 101 Å². The summed E-state index contributed by atoms with van der Waals surface area (Å²) in [7, 11) is -3.30. The summed E-state index contributed by atoms with van der Waals surface area (Å²) < 4.78 is 24.5. The second-order valence-corrected chi connectivity index (χ2v) is 6.46. The molecular weight excluding hydrogens is 238 g/mol. The first-order valence-electron chi connectivity index (χ1n) is 5.56. The molecule has 92 valence electrons. The number of nitrogens with zero attached hydrogens (tertiary/aromatic N) is 1. The van der Waals surface area contributed by atoms with E-state index in [0.717, 1.165) is 0 Å². The van der Waals surface area contributed by atoms with Gasteiger partial charge in [-0.05, 0) is 18.6 Å². The van der Waals surface area contributed by atoms with Crippen LogP contribution in [0.2, 0.25) is 0 Å². The molecule has 1 aromatic rings. The minimum Gasteiger partial charge on any atom is -0.342 e. The molecular formula is C12H15NO3S. The lowest BCUT2D eigenvalue weighted by molar-refractivity contribution is -0.127. The average Bonchev–Trinajstić information content (AvgIpc) is 2.80. The normalized spacial score (nSPS) is 20.5. The third-order valence-corrected chi connectivity index (χ3v) is 5.29. The van der Waals surface area contributed by atoms with Crippen LogP contribution in [0.15, 0.2) is 35.2 Å². The number of carbonyl (C=O) groups excluding carboxylic acids is 1. The first kappa shape index (κ1) is 12.1. The number of rotatable bonds is 2. The van der Waals surface area contributed by atoms with E-state index in [0.29, 0.717) is 24.4 Å². The van der Waals surface area contributed by atoms with Crippen molar-refractivity contribution < 1.29 is 13.2 Å². The standard InChI is InChI=1S/C12H15NO3S/c1-10(14)13-8-7-12(9-13)17(15,16)11-5-3-2-4-6-11/h2-6,12H,7-9H2,1H3. The zero-order chi connectivity index (χ0) is 12.5. The first-order chi connectivity index (χ1) is 8.01. The maximum absolute atomic E-state index is 12.3. The molecule has 0 aliphatic carbocycles. The predicted octanol–water partition coefficient (Wildman–Crippen LogP) is 1.08. The molecule has 0 N–H and O–H groups in total. The summed E-state index contributed by atoms with van der Waals surface area (Å²) in [5, 5.41) is -0.464. The van der Waals surface area contributed by atoms with Crippen LogP contribution < -0.4 is 0 Å². The van der Waals surface area contributed by atoms with E-state index in [9.17, 15) is 13.2 Å².